The number of methoxy groups -OCH3 is 1. The molecule has 4 heteroatoms. The van der Waals surface area contributed by atoms with Crippen LogP contribution in [0.1, 0.15) is 15.9 Å². The van der Waals surface area contributed by atoms with Crippen molar-refractivity contribution in [2.75, 3.05) is 7.11 Å². The second-order valence-corrected chi connectivity index (χ2v) is 4.77. The predicted molar refractivity (Wildman–Crippen MR) is 81.1 cm³/mol. The molecule has 3 aromatic rings. The molecule has 0 aliphatic heterocycles. The molecule has 0 spiro atoms. The summed E-state index contributed by atoms with van der Waals surface area (Å²) in [5.74, 6) is -0.375. The summed E-state index contributed by atoms with van der Waals surface area (Å²) < 4.78 is 4.73. The van der Waals surface area contributed by atoms with E-state index in [1.54, 1.807) is 24.4 Å². The zero-order valence-corrected chi connectivity index (χ0v) is 11.8. The molecule has 0 bridgehead atoms. The van der Waals surface area contributed by atoms with Crippen molar-refractivity contribution in [2.24, 2.45) is 0 Å². The number of carbonyl (C=O) groups excluding carboxylic acids is 1. The molecule has 0 aliphatic rings. The van der Waals surface area contributed by atoms with Crippen LogP contribution in [0.5, 0.6) is 0 Å². The monoisotopic (exact) mass is 278 g/mol. The Labute approximate surface area is 122 Å². The Bertz CT molecular complexity index is 828. The van der Waals surface area contributed by atoms with Crippen LogP contribution in [0.4, 0.5) is 0 Å². The molecule has 2 aromatic carbocycles. The van der Waals surface area contributed by atoms with E-state index in [1.807, 2.05) is 31.2 Å². The summed E-state index contributed by atoms with van der Waals surface area (Å²) in [6, 6.07) is 13.2. The van der Waals surface area contributed by atoms with Crippen molar-refractivity contribution in [2.45, 2.75) is 6.92 Å². The lowest BCUT2D eigenvalue weighted by Gasteiger charge is -2.06. The Morgan fingerprint density at radius 1 is 1.10 bits per heavy atom. The average Bonchev–Trinajstić information content (AvgIpc) is 2.53. The van der Waals surface area contributed by atoms with Crippen LogP contribution in [-0.4, -0.2) is 23.0 Å². The molecule has 104 valence electrons. The molecule has 0 aliphatic carbocycles. The fraction of sp³-hybridized carbons (Fsp3) is 0.118. The zero-order valence-electron chi connectivity index (χ0n) is 11.8. The van der Waals surface area contributed by atoms with Gasteiger partial charge in [0.15, 0.2) is 0 Å². The number of fused-ring (bicyclic) bond motifs is 1. The highest BCUT2D eigenvalue weighted by atomic mass is 16.5. The predicted octanol–water partition coefficient (Wildman–Crippen LogP) is 3.39. The van der Waals surface area contributed by atoms with Gasteiger partial charge in [0.25, 0.3) is 0 Å². The fourth-order valence-corrected chi connectivity index (χ4v) is 2.25. The van der Waals surface area contributed by atoms with Crippen molar-refractivity contribution in [3.05, 3.63) is 59.8 Å². The molecule has 4 nitrogen and oxygen atoms in total. The van der Waals surface area contributed by atoms with Crippen molar-refractivity contribution in [3.63, 3.8) is 0 Å². The molecular weight excluding hydrogens is 264 g/mol. The highest BCUT2D eigenvalue weighted by molar-refractivity contribution is 5.93. The minimum absolute atomic E-state index is 0.375. The molecule has 0 saturated heterocycles. The van der Waals surface area contributed by atoms with E-state index in [9.17, 15) is 4.79 Å². The van der Waals surface area contributed by atoms with Crippen molar-refractivity contribution >= 4 is 17.0 Å². The second kappa shape index (κ2) is 5.32. The highest BCUT2D eigenvalue weighted by Gasteiger charge is 2.09. The number of aryl methyl sites for hydroxylation is 1. The number of hydrogen-bond acceptors (Lipinski definition) is 4. The Balaban J connectivity index is 2.14. The normalized spacial score (nSPS) is 10.6. The number of esters is 1. The van der Waals surface area contributed by atoms with Crippen LogP contribution in [0.25, 0.3) is 22.3 Å². The molecule has 1 heterocycles. The number of carbonyl (C=O) groups is 1. The van der Waals surface area contributed by atoms with Crippen LogP contribution in [0.15, 0.2) is 48.7 Å². The van der Waals surface area contributed by atoms with Gasteiger partial charge in [-0.25, -0.2) is 9.78 Å². The van der Waals surface area contributed by atoms with E-state index in [-0.39, 0.29) is 5.97 Å². The van der Waals surface area contributed by atoms with Gasteiger partial charge in [-0.1, -0.05) is 24.3 Å². The quantitative estimate of drug-likeness (QED) is 0.674. The van der Waals surface area contributed by atoms with Crippen LogP contribution in [0.2, 0.25) is 0 Å². The van der Waals surface area contributed by atoms with Crippen molar-refractivity contribution < 1.29 is 9.53 Å². The molecule has 21 heavy (non-hydrogen) atoms. The summed E-state index contributed by atoms with van der Waals surface area (Å²) in [6.07, 6.45) is 1.75. The molecule has 0 saturated carbocycles. The zero-order chi connectivity index (χ0) is 14.8. The lowest BCUT2D eigenvalue weighted by Crippen LogP contribution is -2.01. The van der Waals surface area contributed by atoms with Gasteiger partial charge in [-0.05, 0) is 30.7 Å². The molecule has 0 unspecified atom stereocenters. The Kier molecular flexibility index (Phi) is 3.36. The molecule has 1 aromatic heterocycles. The molecule has 0 atom stereocenters. The van der Waals surface area contributed by atoms with E-state index in [2.05, 4.69) is 9.97 Å². The summed E-state index contributed by atoms with van der Waals surface area (Å²) in [4.78, 5) is 20.6. The van der Waals surface area contributed by atoms with Gasteiger partial charge >= 0.3 is 5.97 Å². The van der Waals surface area contributed by atoms with Gasteiger partial charge in [-0.15, -0.1) is 0 Å². The lowest BCUT2D eigenvalue weighted by molar-refractivity contribution is 0.0601. The van der Waals surface area contributed by atoms with Crippen LogP contribution >= 0.6 is 0 Å². The van der Waals surface area contributed by atoms with E-state index in [4.69, 9.17) is 4.74 Å². The van der Waals surface area contributed by atoms with Gasteiger partial charge in [0, 0.05) is 5.56 Å². The maximum Gasteiger partial charge on any atom is 0.337 e. The average molecular weight is 278 g/mol. The molecule has 0 radical (unpaired) electrons. The van der Waals surface area contributed by atoms with Crippen LogP contribution < -0.4 is 0 Å². The standard InChI is InChI=1S/C17H14N2O2/c1-11-5-3-4-6-13(11)16-10-18-14-8-7-12(17(20)21-2)9-15(14)19-16/h3-10H,1-2H3. The van der Waals surface area contributed by atoms with Gasteiger partial charge in [-0.2, -0.15) is 0 Å². The molecular formula is C17H14N2O2. The van der Waals surface area contributed by atoms with E-state index < -0.39 is 0 Å². The number of ether oxygens (including phenoxy) is 1. The molecule has 0 fully saturated rings. The number of aromatic nitrogens is 2. The second-order valence-electron chi connectivity index (χ2n) is 4.77. The molecule has 0 N–H and O–H groups in total. The lowest BCUT2D eigenvalue weighted by atomic mass is 10.1. The van der Waals surface area contributed by atoms with Gasteiger partial charge in [0.2, 0.25) is 0 Å². The van der Waals surface area contributed by atoms with E-state index in [1.165, 1.54) is 7.11 Å². The van der Waals surface area contributed by atoms with Gasteiger partial charge in [-0.3, -0.25) is 4.98 Å². The SMILES string of the molecule is COC(=O)c1ccc2ncc(-c3ccccc3C)nc2c1. The first-order chi connectivity index (χ1) is 10.2. The topological polar surface area (TPSA) is 52.1 Å². The largest absolute Gasteiger partial charge is 0.465 e. The Morgan fingerprint density at radius 3 is 2.67 bits per heavy atom. The van der Waals surface area contributed by atoms with E-state index in [0.717, 1.165) is 22.3 Å². The Morgan fingerprint density at radius 2 is 1.90 bits per heavy atom. The Hall–Kier alpha value is -2.75. The summed E-state index contributed by atoms with van der Waals surface area (Å²) in [7, 11) is 1.36. The number of nitrogens with zero attached hydrogens (tertiary/aromatic N) is 2. The smallest absolute Gasteiger partial charge is 0.337 e. The van der Waals surface area contributed by atoms with Gasteiger partial charge in [0.1, 0.15) is 0 Å². The third kappa shape index (κ3) is 2.48. The van der Waals surface area contributed by atoms with E-state index >= 15 is 0 Å². The van der Waals surface area contributed by atoms with Crippen molar-refractivity contribution in [1.29, 1.82) is 0 Å². The first-order valence-electron chi connectivity index (χ1n) is 6.60. The molecule has 0 amide bonds. The van der Waals surface area contributed by atoms with Crippen LogP contribution in [0.3, 0.4) is 0 Å². The maximum atomic E-state index is 11.6. The highest BCUT2D eigenvalue weighted by Crippen LogP contribution is 2.23. The van der Waals surface area contributed by atoms with Gasteiger partial charge in [0.05, 0.1) is 35.6 Å². The van der Waals surface area contributed by atoms with Gasteiger partial charge < -0.3 is 4.74 Å². The fourth-order valence-electron chi connectivity index (χ4n) is 2.25. The van der Waals surface area contributed by atoms with Crippen LogP contribution in [0, 0.1) is 6.92 Å². The minimum Gasteiger partial charge on any atom is -0.465 e. The minimum atomic E-state index is -0.375. The third-order valence-corrected chi connectivity index (χ3v) is 3.38. The molecule has 3 rings (SSSR count). The number of hydrogen-bond donors (Lipinski definition) is 0. The van der Waals surface area contributed by atoms with E-state index in [0.29, 0.717) is 11.1 Å². The first-order valence-corrected chi connectivity index (χ1v) is 6.60. The summed E-state index contributed by atoms with van der Waals surface area (Å²) in [5, 5.41) is 0. The van der Waals surface area contributed by atoms with Crippen LogP contribution in [-0.2, 0) is 4.74 Å². The van der Waals surface area contributed by atoms with Crippen molar-refractivity contribution in [1.82, 2.24) is 9.97 Å². The summed E-state index contributed by atoms with van der Waals surface area (Å²) in [6.45, 7) is 2.03. The third-order valence-electron chi connectivity index (χ3n) is 3.38. The summed E-state index contributed by atoms with van der Waals surface area (Å²) >= 11 is 0. The number of rotatable bonds is 2. The first kappa shape index (κ1) is 13.2. The number of benzene rings is 2. The maximum absolute atomic E-state index is 11.6. The summed E-state index contributed by atoms with van der Waals surface area (Å²) in [5.41, 5.74) is 4.87. The van der Waals surface area contributed by atoms with Crippen molar-refractivity contribution in [3.8, 4) is 11.3 Å².